The molecule has 20 heavy (non-hydrogen) atoms. The molecule has 104 valence electrons. The molecule has 1 heterocycles. The van der Waals surface area contributed by atoms with Crippen LogP contribution in [0.5, 0.6) is 5.75 Å². The van der Waals surface area contributed by atoms with E-state index < -0.39 is 0 Å². The minimum absolute atomic E-state index is 0.0500. The van der Waals surface area contributed by atoms with Gasteiger partial charge in [-0.2, -0.15) is 0 Å². The van der Waals surface area contributed by atoms with E-state index in [9.17, 15) is 4.79 Å². The quantitative estimate of drug-likeness (QED) is 0.779. The lowest BCUT2D eigenvalue weighted by atomic mass is 9.98. The molecule has 4 heteroatoms. The summed E-state index contributed by atoms with van der Waals surface area (Å²) in [6, 6.07) is 7.25. The van der Waals surface area contributed by atoms with E-state index in [0.29, 0.717) is 16.3 Å². The van der Waals surface area contributed by atoms with Crippen molar-refractivity contribution in [1.29, 1.82) is 0 Å². The lowest BCUT2D eigenvalue weighted by Crippen LogP contribution is -1.99. The van der Waals surface area contributed by atoms with E-state index in [1.165, 1.54) is 23.3 Å². The first-order valence-corrected chi connectivity index (χ1v) is 7.88. The van der Waals surface area contributed by atoms with E-state index >= 15 is 0 Å². The van der Waals surface area contributed by atoms with Gasteiger partial charge in [0.1, 0.15) is 5.75 Å². The lowest BCUT2D eigenvalue weighted by molar-refractivity contribution is 0.104. The van der Waals surface area contributed by atoms with Gasteiger partial charge in [0, 0.05) is 10.4 Å². The maximum atomic E-state index is 12.5. The first-order valence-electron chi connectivity index (χ1n) is 6.69. The van der Waals surface area contributed by atoms with Crippen molar-refractivity contribution in [2.75, 3.05) is 7.11 Å². The van der Waals surface area contributed by atoms with Gasteiger partial charge in [0.15, 0.2) is 0 Å². The van der Waals surface area contributed by atoms with Gasteiger partial charge in [-0.1, -0.05) is 11.6 Å². The summed E-state index contributed by atoms with van der Waals surface area (Å²) in [5.41, 5.74) is 1.97. The molecule has 0 fully saturated rings. The first kappa shape index (κ1) is 13.7. The maximum absolute atomic E-state index is 12.5. The molecule has 0 saturated carbocycles. The number of hydrogen-bond acceptors (Lipinski definition) is 3. The Morgan fingerprint density at radius 2 is 2.05 bits per heavy atom. The Bertz CT molecular complexity index is 637. The molecule has 0 unspecified atom stereocenters. The van der Waals surface area contributed by atoms with Gasteiger partial charge in [-0.25, -0.2) is 0 Å². The summed E-state index contributed by atoms with van der Waals surface area (Å²) in [4.78, 5) is 14.7. The second-order valence-corrected chi connectivity index (χ2v) is 6.49. The zero-order valence-corrected chi connectivity index (χ0v) is 12.8. The molecular weight excluding hydrogens is 292 g/mol. The normalized spacial score (nSPS) is 13.9. The van der Waals surface area contributed by atoms with Crippen molar-refractivity contribution in [2.45, 2.75) is 25.7 Å². The molecule has 1 aromatic carbocycles. The number of ketones is 1. The number of carbonyl (C=O) groups excluding carboxylic acids is 1. The highest BCUT2D eigenvalue weighted by Gasteiger charge is 2.19. The average molecular weight is 307 g/mol. The third kappa shape index (κ3) is 2.48. The van der Waals surface area contributed by atoms with Crippen molar-refractivity contribution < 1.29 is 9.53 Å². The second kappa shape index (κ2) is 5.58. The number of benzene rings is 1. The Morgan fingerprint density at radius 1 is 1.25 bits per heavy atom. The standard InChI is InChI=1S/C16H15ClO2S/c1-19-13-7-6-11(8-12(13)17)16(18)15-9-10-4-2-3-5-14(10)20-15/h6-9H,2-5H2,1H3. The van der Waals surface area contributed by atoms with E-state index in [4.69, 9.17) is 16.3 Å². The Hall–Kier alpha value is -1.32. The summed E-state index contributed by atoms with van der Waals surface area (Å²) in [7, 11) is 1.57. The van der Waals surface area contributed by atoms with Gasteiger partial charge >= 0.3 is 0 Å². The minimum Gasteiger partial charge on any atom is -0.495 e. The molecule has 0 spiro atoms. The van der Waals surface area contributed by atoms with Gasteiger partial charge in [-0.05, 0) is 55.5 Å². The molecule has 0 amide bonds. The van der Waals surface area contributed by atoms with Crippen molar-refractivity contribution in [3.63, 3.8) is 0 Å². The zero-order chi connectivity index (χ0) is 14.1. The molecule has 0 bridgehead atoms. The van der Waals surface area contributed by atoms with Crippen LogP contribution in [0.15, 0.2) is 24.3 Å². The largest absolute Gasteiger partial charge is 0.495 e. The predicted molar refractivity (Wildman–Crippen MR) is 82.4 cm³/mol. The van der Waals surface area contributed by atoms with Gasteiger partial charge in [-0.3, -0.25) is 4.79 Å². The summed E-state index contributed by atoms with van der Waals surface area (Å²) in [5.74, 6) is 0.641. The molecule has 1 aliphatic carbocycles. The van der Waals surface area contributed by atoms with Crippen molar-refractivity contribution in [3.05, 3.63) is 50.2 Å². The summed E-state index contributed by atoms with van der Waals surface area (Å²) in [5, 5.41) is 0.472. The number of carbonyl (C=O) groups is 1. The Kier molecular flexibility index (Phi) is 3.81. The van der Waals surface area contributed by atoms with Crippen molar-refractivity contribution in [2.24, 2.45) is 0 Å². The Balaban J connectivity index is 1.92. The van der Waals surface area contributed by atoms with Crippen LogP contribution in [0.4, 0.5) is 0 Å². The van der Waals surface area contributed by atoms with Crippen LogP contribution in [0.1, 0.15) is 38.5 Å². The van der Waals surface area contributed by atoms with Gasteiger partial charge in [-0.15, -0.1) is 11.3 Å². The summed E-state index contributed by atoms with van der Waals surface area (Å²) in [6.07, 6.45) is 4.67. The van der Waals surface area contributed by atoms with Crippen molar-refractivity contribution >= 4 is 28.7 Å². The van der Waals surface area contributed by atoms with E-state index in [0.717, 1.165) is 17.7 Å². The van der Waals surface area contributed by atoms with Crippen LogP contribution in [-0.2, 0) is 12.8 Å². The fourth-order valence-corrected chi connectivity index (χ4v) is 4.03. The van der Waals surface area contributed by atoms with Crippen LogP contribution in [0.3, 0.4) is 0 Å². The number of halogens is 1. The molecule has 0 radical (unpaired) electrons. The van der Waals surface area contributed by atoms with Crippen molar-refractivity contribution in [3.8, 4) is 5.75 Å². The highest BCUT2D eigenvalue weighted by molar-refractivity contribution is 7.14. The van der Waals surface area contributed by atoms with Gasteiger partial charge in [0.25, 0.3) is 0 Å². The van der Waals surface area contributed by atoms with Crippen LogP contribution in [0.2, 0.25) is 5.02 Å². The van der Waals surface area contributed by atoms with Gasteiger partial charge in [0.2, 0.25) is 5.78 Å². The molecule has 1 aromatic heterocycles. The fourth-order valence-electron chi connectivity index (χ4n) is 2.55. The molecule has 1 aliphatic rings. The first-order chi connectivity index (χ1) is 9.69. The maximum Gasteiger partial charge on any atom is 0.203 e. The molecule has 0 saturated heterocycles. The van der Waals surface area contributed by atoms with Gasteiger partial charge in [0.05, 0.1) is 17.0 Å². The lowest BCUT2D eigenvalue weighted by Gasteiger charge is -2.08. The average Bonchev–Trinajstić information content (AvgIpc) is 2.90. The molecule has 0 aliphatic heterocycles. The van der Waals surface area contributed by atoms with E-state index in [1.807, 2.05) is 0 Å². The zero-order valence-electron chi connectivity index (χ0n) is 11.2. The number of hydrogen-bond donors (Lipinski definition) is 0. The molecular formula is C16H15ClO2S. The minimum atomic E-state index is 0.0500. The number of methoxy groups -OCH3 is 1. The van der Waals surface area contributed by atoms with Crippen LogP contribution in [-0.4, -0.2) is 12.9 Å². The fraction of sp³-hybridized carbons (Fsp3) is 0.312. The van der Waals surface area contributed by atoms with E-state index in [2.05, 4.69) is 6.07 Å². The van der Waals surface area contributed by atoms with Crippen LogP contribution < -0.4 is 4.74 Å². The molecule has 0 N–H and O–H groups in total. The number of rotatable bonds is 3. The topological polar surface area (TPSA) is 26.3 Å². The molecule has 2 nitrogen and oxygen atoms in total. The number of fused-ring (bicyclic) bond motifs is 1. The highest BCUT2D eigenvalue weighted by atomic mass is 35.5. The summed E-state index contributed by atoms with van der Waals surface area (Å²) < 4.78 is 5.11. The van der Waals surface area contributed by atoms with Crippen LogP contribution in [0.25, 0.3) is 0 Å². The highest BCUT2D eigenvalue weighted by Crippen LogP contribution is 2.32. The summed E-state index contributed by atoms with van der Waals surface area (Å²) >= 11 is 7.72. The summed E-state index contributed by atoms with van der Waals surface area (Å²) in [6.45, 7) is 0. The van der Waals surface area contributed by atoms with E-state index in [1.54, 1.807) is 36.6 Å². The Labute approximate surface area is 127 Å². The predicted octanol–water partition coefficient (Wildman–Crippen LogP) is 4.52. The third-order valence-electron chi connectivity index (χ3n) is 3.63. The monoisotopic (exact) mass is 306 g/mol. The van der Waals surface area contributed by atoms with Crippen molar-refractivity contribution in [1.82, 2.24) is 0 Å². The van der Waals surface area contributed by atoms with Crippen LogP contribution in [0, 0.1) is 0 Å². The smallest absolute Gasteiger partial charge is 0.203 e. The SMILES string of the molecule is COc1ccc(C(=O)c2cc3c(s2)CCCC3)cc1Cl. The third-order valence-corrected chi connectivity index (χ3v) is 5.17. The number of ether oxygens (including phenoxy) is 1. The van der Waals surface area contributed by atoms with Crippen LogP contribution >= 0.6 is 22.9 Å². The number of aryl methyl sites for hydroxylation is 2. The Morgan fingerprint density at radius 3 is 2.75 bits per heavy atom. The van der Waals surface area contributed by atoms with Gasteiger partial charge < -0.3 is 4.74 Å². The molecule has 2 aromatic rings. The second-order valence-electron chi connectivity index (χ2n) is 4.94. The van der Waals surface area contributed by atoms with E-state index in [-0.39, 0.29) is 5.78 Å². The number of thiophene rings is 1. The molecule has 0 atom stereocenters. The molecule has 3 rings (SSSR count).